The van der Waals surface area contributed by atoms with E-state index >= 15 is 0 Å². The zero-order valence-electron chi connectivity index (χ0n) is 18.8. The summed E-state index contributed by atoms with van der Waals surface area (Å²) in [4.78, 5) is 30.1. The molecule has 0 radical (unpaired) electrons. The van der Waals surface area contributed by atoms with E-state index in [-0.39, 0.29) is 12.3 Å². The maximum atomic E-state index is 12.7. The molecule has 1 heterocycles. The van der Waals surface area contributed by atoms with E-state index < -0.39 is 5.97 Å². The zero-order chi connectivity index (χ0) is 24.8. The van der Waals surface area contributed by atoms with E-state index in [1.807, 2.05) is 42.5 Å². The Morgan fingerprint density at radius 3 is 2.34 bits per heavy atom. The van der Waals surface area contributed by atoms with Crippen LogP contribution in [0.4, 0.5) is 5.69 Å². The highest BCUT2D eigenvalue weighted by molar-refractivity contribution is 8.18. The number of thioether (sulfide) groups is 1. The monoisotopic (exact) mass is 483 g/mol. The number of rotatable bonds is 7. The van der Waals surface area contributed by atoms with Gasteiger partial charge in [-0.25, -0.2) is 4.99 Å². The highest BCUT2D eigenvalue weighted by Gasteiger charge is 2.30. The van der Waals surface area contributed by atoms with E-state index in [4.69, 9.17) is 15.1 Å². The Kier molecular flexibility index (Phi) is 7.29. The van der Waals surface area contributed by atoms with E-state index in [0.717, 1.165) is 11.1 Å². The van der Waals surface area contributed by atoms with Crippen LogP contribution in [0.25, 0.3) is 6.08 Å². The first-order chi connectivity index (χ1) is 16.9. The summed E-state index contributed by atoms with van der Waals surface area (Å²) < 4.78 is 5.81. The summed E-state index contributed by atoms with van der Waals surface area (Å²) in [5.41, 5.74) is 3.77. The molecule has 0 atom stereocenters. The number of aliphatic imine (C=N–C) groups is 1. The summed E-state index contributed by atoms with van der Waals surface area (Å²) in [5, 5.41) is 18.3. The van der Waals surface area contributed by atoms with Gasteiger partial charge in [-0.05, 0) is 70.9 Å². The van der Waals surface area contributed by atoms with E-state index in [1.54, 1.807) is 43.4 Å². The van der Waals surface area contributed by atoms with Crippen LogP contribution in [-0.4, -0.2) is 34.1 Å². The van der Waals surface area contributed by atoms with Crippen molar-refractivity contribution in [3.05, 3.63) is 100.0 Å². The van der Waals surface area contributed by atoms with Crippen molar-refractivity contribution >= 4 is 40.6 Å². The molecule has 1 saturated heterocycles. The number of aliphatic carboxylic acids is 1. The van der Waals surface area contributed by atoms with Gasteiger partial charge in [-0.3, -0.25) is 14.5 Å². The fourth-order valence-corrected chi connectivity index (χ4v) is 4.27. The lowest BCUT2D eigenvalue weighted by atomic mass is 10.1. The molecule has 35 heavy (non-hydrogen) atoms. The molecule has 0 saturated carbocycles. The Labute approximate surface area is 207 Å². The molecule has 0 spiro atoms. The molecule has 4 rings (SSSR count). The highest BCUT2D eigenvalue weighted by Crippen LogP contribution is 2.33. The SMILES string of the molecule is CN1C(=O)/C(=C/c2ccc(OCc3ccc(C#N)cc3)cc2)S/C1=N/c1ccc(CC(=O)O)cc1. The van der Waals surface area contributed by atoms with Gasteiger partial charge in [0.15, 0.2) is 5.17 Å². The second kappa shape index (κ2) is 10.7. The topological polar surface area (TPSA) is 103 Å². The average Bonchev–Trinajstić information content (AvgIpc) is 3.12. The highest BCUT2D eigenvalue weighted by atomic mass is 32.2. The van der Waals surface area contributed by atoms with Crippen molar-refractivity contribution < 1.29 is 19.4 Å². The molecular weight excluding hydrogens is 462 g/mol. The van der Waals surface area contributed by atoms with Crippen LogP contribution in [0.1, 0.15) is 22.3 Å². The molecule has 1 N–H and O–H groups in total. The van der Waals surface area contributed by atoms with Crippen LogP contribution in [0.15, 0.2) is 82.7 Å². The lowest BCUT2D eigenvalue weighted by Crippen LogP contribution is -2.23. The van der Waals surface area contributed by atoms with Crippen molar-refractivity contribution in [1.82, 2.24) is 4.90 Å². The predicted octanol–water partition coefficient (Wildman–Crippen LogP) is 5.00. The second-order valence-electron chi connectivity index (χ2n) is 7.77. The molecule has 0 aromatic heterocycles. The van der Waals surface area contributed by atoms with Crippen molar-refractivity contribution in [2.24, 2.45) is 4.99 Å². The standard InChI is InChI=1S/C27H21N3O4S/c1-30-26(33)24(35-27(30)29-22-10-6-19(7-11-22)15-25(31)32)14-18-8-12-23(13-9-18)34-17-21-4-2-20(16-28)3-5-21/h2-14H,15,17H2,1H3,(H,31,32)/b24-14-,29-27+. The first kappa shape index (κ1) is 23.8. The molecule has 8 heteroatoms. The van der Waals surface area contributed by atoms with Gasteiger partial charge in [-0.2, -0.15) is 5.26 Å². The van der Waals surface area contributed by atoms with Crippen LogP contribution >= 0.6 is 11.8 Å². The largest absolute Gasteiger partial charge is 0.489 e. The molecule has 3 aromatic carbocycles. The van der Waals surface area contributed by atoms with Crippen LogP contribution in [0.2, 0.25) is 0 Å². The van der Waals surface area contributed by atoms with E-state index in [2.05, 4.69) is 11.1 Å². The fraction of sp³-hybridized carbons (Fsp3) is 0.111. The normalized spacial score (nSPS) is 15.4. The Morgan fingerprint density at radius 1 is 1.06 bits per heavy atom. The number of hydrogen-bond acceptors (Lipinski definition) is 6. The van der Waals surface area contributed by atoms with Crippen molar-refractivity contribution in [1.29, 1.82) is 5.26 Å². The van der Waals surface area contributed by atoms with Gasteiger partial charge < -0.3 is 9.84 Å². The second-order valence-corrected chi connectivity index (χ2v) is 8.78. The average molecular weight is 484 g/mol. The fourth-order valence-electron chi connectivity index (χ4n) is 3.28. The van der Waals surface area contributed by atoms with Crippen molar-refractivity contribution in [3.8, 4) is 11.8 Å². The molecule has 174 valence electrons. The summed E-state index contributed by atoms with van der Waals surface area (Å²) in [6, 6.07) is 23.7. The Hall–Kier alpha value is -4.35. The minimum atomic E-state index is -0.888. The number of hydrogen-bond donors (Lipinski definition) is 1. The number of nitriles is 1. The third-order valence-electron chi connectivity index (χ3n) is 5.19. The smallest absolute Gasteiger partial charge is 0.307 e. The van der Waals surface area contributed by atoms with Crippen LogP contribution in [0.3, 0.4) is 0 Å². The summed E-state index contributed by atoms with van der Waals surface area (Å²) in [6.45, 7) is 0.391. The number of carboxylic acids is 1. The summed E-state index contributed by atoms with van der Waals surface area (Å²) in [6.07, 6.45) is 1.77. The maximum Gasteiger partial charge on any atom is 0.307 e. The number of carbonyl (C=O) groups is 2. The number of ether oxygens (including phenoxy) is 1. The number of likely N-dealkylation sites (N-methyl/N-ethyl adjacent to an activating group) is 1. The van der Waals surface area contributed by atoms with Crippen molar-refractivity contribution in [2.45, 2.75) is 13.0 Å². The van der Waals surface area contributed by atoms with E-state index in [1.165, 1.54) is 16.7 Å². The summed E-state index contributed by atoms with van der Waals surface area (Å²) in [7, 11) is 1.67. The molecule has 1 amide bonds. The maximum absolute atomic E-state index is 12.7. The lowest BCUT2D eigenvalue weighted by molar-refractivity contribution is -0.136. The molecule has 1 fully saturated rings. The minimum absolute atomic E-state index is 0.0455. The Bertz CT molecular complexity index is 1340. The number of carboxylic acid groups (broad SMARTS) is 1. The van der Waals surface area contributed by atoms with Crippen LogP contribution < -0.4 is 4.74 Å². The van der Waals surface area contributed by atoms with Gasteiger partial charge in [-0.1, -0.05) is 36.4 Å². The number of carbonyl (C=O) groups excluding carboxylic acids is 1. The quantitative estimate of drug-likeness (QED) is 0.475. The number of nitrogens with zero attached hydrogens (tertiary/aromatic N) is 3. The molecule has 0 unspecified atom stereocenters. The van der Waals surface area contributed by atoms with Gasteiger partial charge in [0.05, 0.1) is 28.6 Å². The Morgan fingerprint density at radius 2 is 1.71 bits per heavy atom. The van der Waals surface area contributed by atoms with Crippen LogP contribution in [0, 0.1) is 11.3 Å². The van der Waals surface area contributed by atoms with Gasteiger partial charge in [0.25, 0.3) is 5.91 Å². The molecule has 1 aliphatic heterocycles. The molecule has 0 aliphatic carbocycles. The first-order valence-corrected chi connectivity index (χ1v) is 11.5. The van der Waals surface area contributed by atoms with Crippen LogP contribution in [0.5, 0.6) is 5.75 Å². The number of benzene rings is 3. The van der Waals surface area contributed by atoms with E-state index in [0.29, 0.717) is 39.2 Å². The Balaban J connectivity index is 1.40. The van der Waals surface area contributed by atoms with Gasteiger partial charge >= 0.3 is 5.97 Å². The zero-order valence-corrected chi connectivity index (χ0v) is 19.7. The predicted molar refractivity (Wildman–Crippen MR) is 135 cm³/mol. The van der Waals surface area contributed by atoms with Gasteiger partial charge in [0.2, 0.25) is 0 Å². The van der Waals surface area contributed by atoms with Gasteiger partial charge in [-0.15, -0.1) is 0 Å². The number of amidine groups is 1. The molecule has 7 nitrogen and oxygen atoms in total. The van der Waals surface area contributed by atoms with E-state index in [9.17, 15) is 9.59 Å². The third-order valence-corrected chi connectivity index (χ3v) is 6.25. The first-order valence-electron chi connectivity index (χ1n) is 10.7. The van der Waals surface area contributed by atoms with Crippen molar-refractivity contribution in [3.63, 3.8) is 0 Å². The van der Waals surface area contributed by atoms with Gasteiger partial charge in [0, 0.05) is 7.05 Å². The molecule has 0 bridgehead atoms. The summed E-state index contributed by atoms with van der Waals surface area (Å²) >= 11 is 1.29. The molecular formula is C27H21N3O4S. The minimum Gasteiger partial charge on any atom is -0.489 e. The molecule has 1 aliphatic rings. The van der Waals surface area contributed by atoms with Gasteiger partial charge in [0.1, 0.15) is 12.4 Å². The van der Waals surface area contributed by atoms with Crippen molar-refractivity contribution in [2.75, 3.05) is 7.05 Å². The van der Waals surface area contributed by atoms with Crippen LogP contribution in [-0.2, 0) is 22.6 Å². The number of amides is 1. The lowest BCUT2D eigenvalue weighted by Gasteiger charge is -2.07. The molecule has 3 aromatic rings. The third kappa shape index (κ3) is 6.16. The summed E-state index contributed by atoms with van der Waals surface area (Å²) in [5.74, 6) is -0.327.